The van der Waals surface area contributed by atoms with Gasteiger partial charge in [-0.25, -0.2) is 4.79 Å². The van der Waals surface area contributed by atoms with Gasteiger partial charge < -0.3 is 19.8 Å². The number of carbonyl (C=O) groups is 1. The lowest BCUT2D eigenvalue weighted by Crippen LogP contribution is -2.47. The largest absolute Gasteiger partial charge is 0.482 e. The molecule has 0 saturated carbocycles. The molecule has 0 fully saturated rings. The molecule has 6 nitrogen and oxygen atoms in total. The molecule has 2 N–H and O–H groups in total. The Morgan fingerprint density at radius 1 is 1.59 bits per heavy atom. The van der Waals surface area contributed by atoms with Crippen LogP contribution in [0.2, 0.25) is 0 Å². The Labute approximate surface area is 98.3 Å². The van der Waals surface area contributed by atoms with Gasteiger partial charge in [-0.15, -0.1) is 0 Å². The number of hydrazone groups is 1. The Morgan fingerprint density at radius 3 is 3.06 bits per heavy atom. The summed E-state index contributed by atoms with van der Waals surface area (Å²) < 4.78 is 5.04. The average molecular weight is 234 g/mol. The summed E-state index contributed by atoms with van der Waals surface area (Å²) in [7, 11) is 0.804. The number of aliphatic carboxylic acids is 1. The SMILES string of the molecule is CN1N=Cc2ccc(OCC(=O)O)cc2B1O. The van der Waals surface area contributed by atoms with Crippen LogP contribution < -0.4 is 10.2 Å². The van der Waals surface area contributed by atoms with Crippen molar-refractivity contribution in [3.05, 3.63) is 23.8 Å². The van der Waals surface area contributed by atoms with Gasteiger partial charge in [0, 0.05) is 7.05 Å². The molecule has 7 heteroatoms. The van der Waals surface area contributed by atoms with Crippen molar-refractivity contribution in [1.82, 2.24) is 4.92 Å². The smallest absolute Gasteiger partial charge is 0.466 e. The third-order valence-corrected chi connectivity index (χ3v) is 2.43. The minimum Gasteiger partial charge on any atom is -0.482 e. The van der Waals surface area contributed by atoms with E-state index in [0.29, 0.717) is 11.2 Å². The summed E-state index contributed by atoms with van der Waals surface area (Å²) in [4.78, 5) is 11.8. The molecule has 88 valence electrons. The van der Waals surface area contributed by atoms with E-state index in [0.717, 1.165) is 5.56 Å². The average Bonchev–Trinajstić information content (AvgIpc) is 2.31. The predicted octanol–water partition coefficient (Wildman–Crippen LogP) is -0.883. The van der Waals surface area contributed by atoms with Crippen molar-refractivity contribution in [3.8, 4) is 5.75 Å². The van der Waals surface area contributed by atoms with Crippen LogP contribution in [0.5, 0.6) is 5.75 Å². The molecule has 0 bridgehead atoms. The van der Waals surface area contributed by atoms with E-state index >= 15 is 0 Å². The Kier molecular flexibility index (Phi) is 3.01. The highest BCUT2D eigenvalue weighted by atomic mass is 16.5. The van der Waals surface area contributed by atoms with Crippen LogP contribution in [0.4, 0.5) is 0 Å². The molecule has 1 aliphatic heterocycles. The highest BCUT2D eigenvalue weighted by Crippen LogP contribution is 2.13. The standard InChI is InChI=1S/C10H11BN2O4/c1-13-11(16)9-4-8(17-6-10(14)15)3-2-7(9)5-12-13/h2-5,16H,6H2,1H3,(H,14,15). The lowest BCUT2D eigenvalue weighted by atomic mass is 9.70. The number of carboxylic acid groups (broad SMARTS) is 1. The van der Waals surface area contributed by atoms with Gasteiger partial charge in [0.1, 0.15) is 5.75 Å². The zero-order valence-corrected chi connectivity index (χ0v) is 9.20. The van der Waals surface area contributed by atoms with Crippen molar-refractivity contribution in [2.45, 2.75) is 0 Å². The molecule has 0 spiro atoms. The van der Waals surface area contributed by atoms with Gasteiger partial charge in [-0.2, -0.15) is 5.10 Å². The molecule has 0 unspecified atom stereocenters. The van der Waals surface area contributed by atoms with Crippen molar-refractivity contribution < 1.29 is 19.7 Å². The first kappa shape index (κ1) is 11.5. The monoisotopic (exact) mass is 234 g/mol. The quantitative estimate of drug-likeness (QED) is 0.663. The molecule has 0 amide bonds. The van der Waals surface area contributed by atoms with Gasteiger partial charge in [0.15, 0.2) is 6.61 Å². The van der Waals surface area contributed by atoms with Crippen LogP contribution in [-0.2, 0) is 4.79 Å². The molecular weight excluding hydrogens is 223 g/mol. The molecule has 2 rings (SSSR count). The molecule has 17 heavy (non-hydrogen) atoms. The first-order chi connectivity index (χ1) is 8.08. The van der Waals surface area contributed by atoms with Crippen molar-refractivity contribution in [3.63, 3.8) is 0 Å². The molecule has 1 aromatic carbocycles. The van der Waals surface area contributed by atoms with E-state index in [1.807, 2.05) is 0 Å². The summed E-state index contributed by atoms with van der Waals surface area (Å²) in [5, 5.41) is 22.4. The Morgan fingerprint density at radius 2 is 2.35 bits per heavy atom. The Bertz CT molecular complexity index is 477. The maximum absolute atomic E-state index is 10.4. The highest BCUT2D eigenvalue weighted by Gasteiger charge is 2.26. The van der Waals surface area contributed by atoms with Crippen molar-refractivity contribution in [2.24, 2.45) is 5.10 Å². The van der Waals surface area contributed by atoms with Crippen LogP contribution in [0.25, 0.3) is 0 Å². The van der Waals surface area contributed by atoms with Crippen LogP contribution in [0.1, 0.15) is 5.56 Å². The van der Waals surface area contributed by atoms with E-state index in [2.05, 4.69) is 5.10 Å². The number of hydrogen-bond donors (Lipinski definition) is 2. The third kappa shape index (κ3) is 2.39. The fourth-order valence-corrected chi connectivity index (χ4v) is 1.55. The summed E-state index contributed by atoms with van der Waals surface area (Å²) in [6, 6.07) is 4.99. The molecule has 1 heterocycles. The van der Waals surface area contributed by atoms with E-state index in [4.69, 9.17) is 9.84 Å². The van der Waals surface area contributed by atoms with Crippen LogP contribution in [0, 0.1) is 0 Å². The topological polar surface area (TPSA) is 82.4 Å². The minimum absolute atomic E-state index is 0.404. The number of nitrogens with zero attached hydrogens (tertiary/aromatic N) is 2. The number of benzene rings is 1. The number of ether oxygens (including phenoxy) is 1. The summed E-state index contributed by atoms with van der Waals surface area (Å²) in [6.45, 7) is -0.404. The lowest BCUT2D eigenvalue weighted by molar-refractivity contribution is -0.139. The lowest BCUT2D eigenvalue weighted by Gasteiger charge is -2.22. The molecule has 0 aromatic heterocycles. The second kappa shape index (κ2) is 4.46. The Hall–Kier alpha value is -2.02. The predicted molar refractivity (Wildman–Crippen MR) is 62.5 cm³/mol. The van der Waals surface area contributed by atoms with Crippen molar-refractivity contribution >= 4 is 24.7 Å². The molecule has 0 atom stereocenters. The van der Waals surface area contributed by atoms with E-state index in [1.165, 1.54) is 4.92 Å². The second-order valence-corrected chi connectivity index (χ2v) is 3.67. The number of fused-ring (bicyclic) bond motifs is 1. The molecule has 0 aliphatic carbocycles. The van der Waals surface area contributed by atoms with Crippen LogP contribution in [-0.4, -0.2) is 47.9 Å². The maximum atomic E-state index is 10.4. The maximum Gasteiger partial charge on any atom is 0.466 e. The van der Waals surface area contributed by atoms with E-state index in [9.17, 15) is 9.82 Å². The second-order valence-electron chi connectivity index (χ2n) is 3.67. The van der Waals surface area contributed by atoms with Gasteiger partial charge in [-0.1, -0.05) is 6.07 Å². The fourth-order valence-electron chi connectivity index (χ4n) is 1.55. The first-order valence-corrected chi connectivity index (χ1v) is 5.01. The van der Waals surface area contributed by atoms with E-state index in [1.54, 1.807) is 31.5 Å². The zero-order valence-electron chi connectivity index (χ0n) is 9.20. The van der Waals surface area contributed by atoms with Gasteiger partial charge in [-0.3, -0.25) is 0 Å². The van der Waals surface area contributed by atoms with E-state index < -0.39 is 19.6 Å². The van der Waals surface area contributed by atoms with Crippen LogP contribution in [0.15, 0.2) is 23.3 Å². The molecule has 1 aliphatic rings. The normalized spacial score (nSPS) is 13.5. The molecule has 0 radical (unpaired) electrons. The number of rotatable bonds is 3. The Balaban J connectivity index is 2.24. The summed E-state index contributed by atoms with van der Waals surface area (Å²) in [5.41, 5.74) is 1.43. The fraction of sp³-hybridized carbons (Fsp3) is 0.200. The van der Waals surface area contributed by atoms with E-state index in [-0.39, 0.29) is 0 Å². The van der Waals surface area contributed by atoms with Gasteiger partial charge in [0.2, 0.25) is 0 Å². The van der Waals surface area contributed by atoms with Gasteiger partial charge in [0.05, 0.1) is 6.21 Å². The molecular formula is C10H11BN2O4. The summed E-state index contributed by atoms with van der Waals surface area (Å²) in [6.07, 6.45) is 1.63. The first-order valence-electron chi connectivity index (χ1n) is 5.01. The summed E-state index contributed by atoms with van der Waals surface area (Å²) in [5.74, 6) is -0.629. The number of hydrogen-bond acceptors (Lipinski definition) is 5. The minimum atomic E-state index is -1.04. The van der Waals surface area contributed by atoms with Crippen molar-refractivity contribution in [1.29, 1.82) is 0 Å². The van der Waals surface area contributed by atoms with Crippen molar-refractivity contribution in [2.75, 3.05) is 13.7 Å². The zero-order chi connectivity index (χ0) is 12.4. The number of carboxylic acids is 1. The highest BCUT2D eigenvalue weighted by molar-refractivity contribution is 6.65. The van der Waals surface area contributed by atoms with Crippen LogP contribution in [0.3, 0.4) is 0 Å². The van der Waals surface area contributed by atoms with Gasteiger partial charge in [-0.05, 0) is 23.2 Å². The third-order valence-electron chi connectivity index (χ3n) is 2.43. The molecule has 0 saturated heterocycles. The van der Waals surface area contributed by atoms with Gasteiger partial charge >= 0.3 is 13.0 Å². The van der Waals surface area contributed by atoms with Gasteiger partial charge in [0.25, 0.3) is 0 Å². The summed E-state index contributed by atoms with van der Waals surface area (Å²) >= 11 is 0. The molecule has 1 aromatic rings. The van der Waals surface area contributed by atoms with Crippen LogP contribution >= 0.6 is 0 Å².